The van der Waals surface area contributed by atoms with Crippen molar-refractivity contribution in [1.82, 2.24) is 10.3 Å². The van der Waals surface area contributed by atoms with E-state index in [-0.39, 0.29) is 6.61 Å². The first kappa shape index (κ1) is 13.1. The van der Waals surface area contributed by atoms with Gasteiger partial charge in [0.15, 0.2) is 0 Å². The highest BCUT2D eigenvalue weighted by Crippen LogP contribution is 2.19. The van der Waals surface area contributed by atoms with Crippen molar-refractivity contribution in [3.8, 4) is 5.88 Å². The molecule has 0 saturated carbocycles. The summed E-state index contributed by atoms with van der Waals surface area (Å²) in [4.78, 5) is 6.28. The Hall–Kier alpha value is -1.33. The van der Waals surface area contributed by atoms with Crippen LogP contribution in [0.15, 0.2) is 18.3 Å². The molecular weight excluding hydrogens is 230 g/mol. The monoisotopic (exact) mass is 251 g/mol. The fourth-order valence-electron chi connectivity index (χ4n) is 2.33. The molecule has 18 heavy (non-hydrogen) atoms. The number of nitrogens with one attached hydrogen (secondary N) is 1. The Balaban J connectivity index is 2.06. The third kappa shape index (κ3) is 3.34. The Morgan fingerprint density at radius 2 is 2.50 bits per heavy atom. The predicted octanol–water partition coefficient (Wildman–Crippen LogP) is 0.641. The highest BCUT2D eigenvalue weighted by atomic mass is 16.5. The molecule has 1 unspecified atom stereocenters. The Morgan fingerprint density at radius 1 is 1.61 bits per heavy atom. The SMILES string of the molecule is COc1cc(N(CCO)CC2CCCN2)ccn1. The van der Waals surface area contributed by atoms with Crippen LogP contribution in [-0.4, -0.2) is 49.5 Å². The fraction of sp³-hybridized carbons (Fsp3) is 0.615. The van der Waals surface area contributed by atoms with Crippen LogP contribution in [0.1, 0.15) is 12.8 Å². The molecule has 0 aliphatic carbocycles. The first-order chi connectivity index (χ1) is 8.83. The van der Waals surface area contributed by atoms with Crippen LogP contribution in [0.4, 0.5) is 5.69 Å². The van der Waals surface area contributed by atoms with E-state index in [1.54, 1.807) is 13.3 Å². The molecule has 0 aromatic carbocycles. The lowest BCUT2D eigenvalue weighted by molar-refractivity contribution is 0.300. The third-order valence-electron chi connectivity index (χ3n) is 3.27. The molecule has 1 fully saturated rings. The smallest absolute Gasteiger partial charge is 0.214 e. The maximum atomic E-state index is 9.19. The largest absolute Gasteiger partial charge is 0.481 e. The Labute approximate surface area is 108 Å². The zero-order chi connectivity index (χ0) is 12.8. The van der Waals surface area contributed by atoms with E-state index < -0.39 is 0 Å². The van der Waals surface area contributed by atoms with Crippen LogP contribution in [0.2, 0.25) is 0 Å². The van der Waals surface area contributed by atoms with Crippen LogP contribution in [0, 0.1) is 0 Å². The Bertz CT molecular complexity index is 367. The number of aliphatic hydroxyl groups is 1. The molecule has 0 amide bonds. The van der Waals surface area contributed by atoms with Gasteiger partial charge in [0.05, 0.1) is 13.7 Å². The summed E-state index contributed by atoms with van der Waals surface area (Å²) in [5.41, 5.74) is 1.05. The first-order valence-corrected chi connectivity index (χ1v) is 6.42. The summed E-state index contributed by atoms with van der Waals surface area (Å²) in [6.07, 6.45) is 4.17. The van der Waals surface area contributed by atoms with Crippen molar-refractivity contribution < 1.29 is 9.84 Å². The fourth-order valence-corrected chi connectivity index (χ4v) is 2.33. The molecule has 1 aliphatic heterocycles. The van der Waals surface area contributed by atoms with E-state index in [4.69, 9.17) is 4.74 Å². The number of ether oxygens (including phenoxy) is 1. The van der Waals surface area contributed by atoms with E-state index in [2.05, 4.69) is 15.2 Å². The van der Waals surface area contributed by atoms with Crippen LogP contribution in [0.5, 0.6) is 5.88 Å². The van der Waals surface area contributed by atoms with Gasteiger partial charge in [-0.15, -0.1) is 0 Å². The summed E-state index contributed by atoms with van der Waals surface area (Å²) in [5, 5.41) is 12.7. The van der Waals surface area contributed by atoms with Crippen molar-refractivity contribution in [2.75, 3.05) is 38.3 Å². The number of pyridine rings is 1. The van der Waals surface area contributed by atoms with Gasteiger partial charge in [0.2, 0.25) is 5.88 Å². The van der Waals surface area contributed by atoms with Crippen LogP contribution in [0.3, 0.4) is 0 Å². The van der Waals surface area contributed by atoms with Crippen molar-refractivity contribution in [2.24, 2.45) is 0 Å². The van der Waals surface area contributed by atoms with Crippen LogP contribution < -0.4 is 15.0 Å². The summed E-state index contributed by atoms with van der Waals surface area (Å²) < 4.78 is 5.14. The lowest BCUT2D eigenvalue weighted by Crippen LogP contribution is -2.39. The summed E-state index contributed by atoms with van der Waals surface area (Å²) in [6, 6.07) is 4.37. The zero-order valence-electron chi connectivity index (χ0n) is 10.8. The van der Waals surface area contributed by atoms with Crippen LogP contribution in [-0.2, 0) is 0 Å². The summed E-state index contributed by atoms with van der Waals surface area (Å²) in [5.74, 6) is 0.606. The number of methoxy groups -OCH3 is 1. The Morgan fingerprint density at radius 3 is 3.17 bits per heavy atom. The maximum absolute atomic E-state index is 9.19. The van der Waals surface area contributed by atoms with Crippen molar-refractivity contribution in [1.29, 1.82) is 0 Å². The molecule has 1 aromatic rings. The highest BCUT2D eigenvalue weighted by Gasteiger charge is 2.18. The quantitative estimate of drug-likeness (QED) is 0.777. The predicted molar refractivity (Wildman–Crippen MR) is 71.1 cm³/mol. The van der Waals surface area contributed by atoms with E-state index in [1.807, 2.05) is 12.1 Å². The van der Waals surface area contributed by atoms with E-state index in [0.29, 0.717) is 18.5 Å². The molecular formula is C13H21N3O2. The zero-order valence-corrected chi connectivity index (χ0v) is 10.8. The minimum absolute atomic E-state index is 0.150. The topological polar surface area (TPSA) is 57.6 Å². The minimum Gasteiger partial charge on any atom is -0.481 e. The second-order valence-corrected chi connectivity index (χ2v) is 4.52. The third-order valence-corrected chi connectivity index (χ3v) is 3.27. The lowest BCUT2D eigenvalue weighted by Gasteiger charge is -2.27. The second kappa shape index (κ2) is 6.56. The number of aromatic nitrogens is 1. The van der Waals surface area contributed by atoms with E-state index in [1.165, 1.54) is 12.8 Å². The van der Waals surface area contributed by atoms with Gasteiger partial charge < -0.3 is 20.1 Å². The number of hydrogen-bond acceptors (Lipinski definition) is 5. The Kier molecular flexibility index (Phi) is 4.78. The summed E-state index contributed by atoms with van der Waals surface area (Å²) in [6.45, 7) is 2.79. The summed E-state index contributed by atoms with van der Waals surface area (Å²) >= 11 is 0. The van der Waals surface area contributed by atoms with Gasteiger partial charge in [0.1, 0.15) is 0 Å². The number of anilines is 1. The molecule has 5 nitrogen and oxygen atoms in total. The van der Waals surface area contributed by atoms with Gasteiger partial charge in [-0.25, -0.2) is 4.98 Å². The molecule has 1 aliphatic rings. The molecule has 0 spiro atoms. The van der Waals surface area contributed by atoms with Crippen molar-refractivity contribution in [2.45, 2.75) is 18.9 Å². The average Bonchev–Trinajstić information content (AvgIpc) is 2.91. The highest BCUT2D eigenvalue weighted by molar-refractivity contribution is 5.48. The van der Waals surface area contributed by atoms with Gasteiger partial charge in [-0.1, -0.05) is 0 Å². The van der Waals surface area contributed by atoms with E-state index >= 15 is 0 Å². The molecule has 1 aromatic heterocycles. The second-order valence-electron chi connectivity index (χ2n) is 4.52. The van der Waals surface area contributed by atoms with Crippen molar-refractivity contribution in [3.05, 3.63) is 18.3 Å². The molecule has 2 heterocycles. The molecule has 0 radical (unpaired) electrons. The van der Waals surface area contributed by atoms with Crippen molar-refractivity contribution in [3.63, 3.8) is 0 Å². The normalized spacial score (nSPS) is 18.9. The van der Waals surface area contributed by atoms with Gasteiger partial charge >= 0.3 is 0 Å². The average molecular weight is 251 g/mol. The van der Waals surface area contributed by atoms with Gasteiger partial charge in [0.25, 0.3) is 0 Å². The summed E-state index contributed by atoms with van der Waals surface area (Å²) in [7, 11) is 1.61. The van der Waals surface area contributed by atoms with E-state index in [9.17, 15) is 5.11 Å². The molecule has 1 atom stereocenters. The van der Waals surface area contributed by atoms with E-state index in [0.717, 1.165) is 18.8 Å². The lowest BCUT2D eigenvalue weighted by atomic mass is 10.2. The molecule has 2 N–H and O–H groups in total. The molecule has 0 bridgehead atoms. The number of rotatable bonds is 6. The van der Waals surface area contributed by atoms with Gasteiger partial charge in [-0.3, -0.25) is 0 Å². The van der Waals surface area contributed by atoms with Gasteiger partial charge in [-0.2, -0.15) is 0 Å². The maximum Gasteiger partial charge on any atom is 0.214 e. The molecule has 5 heteroatoms. The molecule has 2 rings (SSSR count). The number of hydrogen-bond donors (Lipinski definition) is 2. The van der Waals surface area contributed by atoms with Gasteiger partial charge in [0, 0.05) is 37.1 Å². The minimum atomic E-state index is 0.150. The molecule has 1 saturated heterocycles. The number of nitrogens with zero attached hydrogens (tertiary/aromatic N) is 2. The van der Waals surface area contributed by atoms with Crippen LogP contribution >= 0.6 is 0 Å². The standard InChI is InChI=1S/C13H21N3O2/c1-18-13-9-12(4-6-15-13)16(7-8-17)10-11-3-2-5-14-11/h4,6,9,11,14,17H,2-3,5,7-8,10H2,1H3. The van der Waals surface area contributed by atoms with Crippen molar-refractivity contribution >= 4 is 5.69 Å². The first-order valence-electron chi connectivity index (χ1n) is 6.42. The van der Waals surface area contributed by atoms with Gasteiger partial charge in [-0.05, 0) is 25.5 Å². The number of aliphatic hydroxyl groups excluding tert-OH is 1. The molecule has 100 valence electrons. The van der Waals surface area contributed by atoms with Crippen LogP contribution in [0.25, 0.3) is 0 Å².